The van der Waals surface area contributed by atoms with Crippen molar-refractivity contribution in [1.29, 1.82) is 0 Å². The molecule has 1 aliphatic heterocycles. The van der Waals surface area contributed by atoms with Crippen molar-refractivity contribution in [3.8, 4) is 11.5 Å². The van der Waals surface area contributed by atoms with Gasteiger partial charge in [0.2, 0.25) is 0 Å². The first-order valence-electron chi connectivity index (χ1n) is 15.4. The van der Waals surface area contributed by atoms with Gasteiger partial charge in [-0.2, -0.15) is 0 Å². The molecule has 0 unspecified atom stereocenters. The van der Waals surface area contributed by atoms with E-state index in [0.29, 0.717) is 60.6 Å². The summed E-state index contributed by atoms with van der Waals surface area (Å²) in [4.78, 5) is 30.5. The molecule has 2 aliphatic carbocycles. The van der Waals surface area contributed by atoms with Crippen LogP contribution < -0.4 is 9.47 Å². The smallest absolute Gasteiger partial charge is 0.165 e. The van der Waals surface area contributed by atoms with Crippen LogP contribution in [-0.2, 0) is 27.4 Å². The zero-order valence-corrected chi connectivity index (χ0v) is 26.8. The maximum absolute atomic E-state index is 14.4. The zero-order valence-electron chi connectivity index (χ0n) is 26.8. The van der Waals surface area contributed by atoms with Crippen molar-refractivity contribution in [2.75, 3.05) is 27.4 Å². The summed E-state index contributed by atoms with van der Waals surface area (Å²) in [5, 5.41) is 0. The van der Waals surface area contributed by atoms with Crippen molar-refractivity contribution in [3.05, 3.63) is 94.1 Å². The van der Waals surface area contributed by atoms with E-state index in [4.69, 9.17) is 14.2 Å². The number of rotatable bonds is 10. The highest BCUT2D eigenvalue weighted by Crippen LogP contribution is 2.55. The van der Waals surface area contributed by atoms with Crippen LogP contribution in [-0.4, -0.2) is 43.8 Å². The highest BCUT2D eigenvalue weighted by Gasteiger charge is 2.49. The molecule has 1 heterocycles. The highest BCUT2D eigenvalue weighted by atomic mass is 19.1. The molecule has 0 amide bonds. The molecular formula is C37H44FNO5. The zero-order chi connectivity index (χ0) is 31.8. The molecule has 234 valence electrons. The van der Waals surface area contributed by atoms with Crippen molar-refractivity contribution in [1.82, 2.24) is 4.90 Å². The molecule has 0 saturated heterocycles. The standard InChI is InChI=1S/C37H44FNO5/c1-8-11-23-16-25(17-31(43-7)35(23)44-22-24-12-9-10-13-26(24)38)32-33-27(18-36(2,3)20-29(33)40)39(14-15-42-6)28-19-37(4,5)21-30(41)34(28)32/h8-10,12-13,16-17,32H,1,11,14-15,18-22H2,2-7H3. The van der Waals surface area contributed by atoms with Crippen LogP contribution in [0.1, 0.15) is 76.0 Å². The predicted octanol–water partition coefficient (Wildman–Crippen LogP) is 7.47. The molecule has 0 N–H and O–H groups in total. The summed E-state index contributed by atoms with van der Waals surface area (Å²) < 4.78 is 32.0. The molecule has 0 saturated carbocycles. The number of Topliss-reactive ketones (excluding diaryl/α,β-unsaturated/α-hetero) is 2. The van der Waals surface area contributed by atoms with Crippen molar-refractivity contribution in [3.63, 3.8) is 0 Å². The molecule has 0 fully saturated rings. The Kier molecular flexibility index (Phi) is 8.90. The number of methoxy groups -OCH3 is 2. The van der Waals surface area contributed by atoms with E-state index in [9.17, 15) is 14.0 Å². The van der Waals surface area contributed by atoms with Gasteiger partial charge < -0.3 is 19.1 Å². The van der Waals surface area contributed by atoms with E-state index in [1.165, 1.54) is 6.07 Å². The van der Waals surface area contributed by atoms with Crippen LogP contribution in [0.25, 0.3) is 0 Å². The highest BCUT2D eigenvalue weighted by molar-refractivity contribution is 6.06. The number of ether oxygens (including phenoxy) is 3. The lowest BCUT2D eigenvalue weighted by molar-refractivity contribution is -0.119. The first-order valence-corrected chi connectivity index (χ1v) is 15.4. The van der Waals surface area contributed by atoms with Gasteiger partial charge in [-0.3, -0.25) is 9.59 Å². The second kappa shape index (κ2) is 12.4. The summed E-state index contributed by atoms with van der Waals surface area (Å²) in [6.07, 6.45) is 4.50. The summed E-state index contributed by atoms with van der Waals surface area (Å²) in [6.45, 7) is 13.5. The van der Waals surface area contributed by atoms with Crippen molar-refractivity contribution in [2.45, 2.75) is 72.3 Å². The number of halogens is 1. The van der Waals surface area contributed by atoms with Crippen LogP contribution in [0.15, 0.2) is 71.6 Å². The quantitative estimate of drug-likeness (QED) is 0.263. The van der Waals surface area contributed by atoms with E-state index >= 15 is 0 Å². The van der Waals surface area contributed by atoms with Crippen LogP contribution in [0.5, 0.6) is 11.5 Å². The third kappa shape index (κ3) is 6.12. The molecule has 6 nitrogen and oxygen atoms in total. The Labute approximate surface area is 260 Å². The molecule has 0 spiro atoms. The van der Waals surface area contributed by atoms with Gasteiger partial charge in [-0.25, -0.2) is 4.39 Å². The van der Waals surface area contributed by atoms with Crippen LogP contribution in [0.4, 0.5) is 4.39 Å². The van der Waals surface area contributed by atoms with E-state index in [1.54, 1.807) is 38.5 Å². The Bertz CT molecular complexity index is 1490. The van der Waals surface area contributed by atoms with Gasteiger partial charge in [-0.1, -0.05) is 58.0 Å². The molecule has 44 heavy (non-hydrogen) atoms. The predicted molar refractivity (Wildman–Crippen MR) is 169 cm³/mol. The summed E-state index contributed by atoms with van der Waals surface area (Å²) in [7, 11) is 3.24. The minimum Gasteiger partial charge on any atom is -0.493 e. The SMILES string of the molecule is C=CCc1cc(C2C3=C(CC(C)(C)CC3=O)N(CCOC)C3=C2C(=O)CC(C)(C)C3)cc(OC)c1OCc1ccccc1F. The maximum atomic E-state index is 14.4. The van der Waals surface area contributed by atoms with Crippen LogP contribution in [0.3, 0.4) is 0 Å². The largest absolute Gasteiger partial charge is 0.493 e. The van der Waals surface area contributed by atoms with E-state index < -0.39 is 5.92 Å². The molecule has 3 aliphatic rings. The number of allylic oxidation sites excluding steroid dienone is 5. The number of carbonyl (C=O) groups is 2. The minimum absolute atomic E-state index is 0.0240. The maximum Gasteiger partial charge on any atom is 0.165 e. The first kappa shape index (κ1) is 31.7. The molecule has 0 bridgehead atoms. The fraction of sp³-hybridized carbons (Fsp3) is 0.459. The fourth-order valence-electron chi connectivity index (χ4n) is 7.07. The van der Waals surface area contributed by atoms with Gasteiger partial charge in [0.05, 0.1) is 13.7 Å². The molecule has 0 atom stereocenters. The van der Waals surface area contributed by atoms with Gasteiger partial charge in [0.1, 0.15) is 12.4 Å². The minimum atomic E-state index is -0.524. The topological polar surface area (TPSA) is 65.1 Å². The molecule has 5 rings (SSSR count). The normalized spacial score (nSPS) is 19.6. The summed E-state index contributed by atoms with van der Waals surface area (Å²) in [5.74, 6) is 0.226. The Hall–Kier alpha value is -3.71. The number of nitrogens with zero attached hydrogens (tertiary/aromatic N) is 1. The fourth-order valence-corrected chi connectivity index (χ4v) is 7.07. The molecule has 2 aromatic rings. The van der Waals surface area contributed by atoms with E-state index in [1.807, 2.05) is 12.1 Å². The van der Waals surface area contributed by atoms with Crippen LogP contribution >= 0.6 is 0 Å². The average molecular weight is 602 g/mol. The van der Waals surface area contributed by atoms with Gasteiger partial charge in [0.25, 0.3) is 0 Å². The Morgan fingerprint density at radius 1 is 0.932 bits per heavy atom. The first-order chi connectivity index (χ1) is 20.9. The van der Waals surface area contributed by atoms with Gasteiger partial charge in [-0.05, 0) is 47.8 Å². The molecule has 0 aromatic heterocycles. The van der Waals surface area contributed by atoms with E-state index in [0.717, 1.165) is 35.4 Å². The van der Waals surface area contributed by atoms with Gasteiger partial charge >= 0.3 is 0 Å². The number of hydrogen-bond acceptors (Lipinski definition) is 6. The van der Waals surface area contributed by atoms with Crippen molar-refractivity contribution < 1.29 is 28.2 Å². The van der Waals surface area contributed by atoms with Crippen molar-refractivity contribution in [2.24, 2.45) is 10.8 Å². The monoisotopic (exact) mass is 601 g/mol. The summed E-state index contributed by atoms with van der Waals surface area (Å²) in [6, 6.07) is 10.4. The van der Waals surface area contributed by atoms with Crippen molar-refractivity contribution >= 4 is 11.6 Å². The van der Waals surface area contributed by atoms with Gasteiger partial charge in [0, 0.05) is 66.1 Å². The Morgan fingerprint density at radius 3 is 2.09 bits per heavy atom. The third-order valence-corrected chi connectivity index (χ3v) is 8.94. The molecule has 0 radical (unpaired) electrons. The molecular weight excluding hydrogens is 557 g/mol. The second-order valence-electron chi connectivity index (χ2n) is 13.8. The second-order valence-corrected chi connectivity index (χ2v) is 13.8. The number of carbonyl (C=O) groups excluding carboxylic acids is 2. The van der Waals surface area contributed by atoms with E-state index in [2.05, 4.69) is 39.2 Å². The molecule has 2 aromatic carbocycles. The number of ketones is 2. The third-order valence-electron chi connectivity index (χ3n) is 8.94. The van der Waals surface area contributed by atoms with Crippen LogP contribution in [0, 0.1) is 16.6 Å². The average Bonchev–Trinajstić information content (AvgIpc) is 2.94. The number of benzene rings is 2. The Morgan fingerprint density at radius 2 is 1.55 bits per heavy atom. The number of hydrogen-bond donors (Lipinski definition) is 0. The van der Waals surface area contributed by atoms with E-state index in [-0.39, 0.29) is 34.8 Å². The lowest BCUT2D eigenvalue weighted by Crippen LogP contribution is -2.45. The molecule has 7 heteroatoms. The van der Waals surface area contributed by atoms with Gasteiger partial charge in [0.15, 0.2) is 23.1 Å². The summed E-state index contributed by atoms with van der Waals surface area (Å²) >= 11 is 0. The van der Waals surface area contributed by atoms with Crippen LogP contribution in [0.2, 0.25) is 0 Å². The van der Waals surface area contributed by atoms with Gasteiger partial charge in [-0.15, -0.1) is 6.58 Å². The lowest BCUT2D eigenvalue weighted by Gasteiger charge is -2.49. The lowest BCUT2D eigenvalue weighted by atomic mass is 9.63. The Balaban J connectivity index is 1.70. The summed E-state index contributed by atoms with van der Waals surface area (Å²) in [5.41, 5.74) is 4.97.